The smallest absolute Gasteiger partial charge is 0.258 e. The Kier molecular flexibility index (Phi) is 5.77. The van der Waals surface area contributed by atoms with E-state index < -0.39 is 5.66 Å². The first-order chi connectivity index (χ1) is 13.2. The van der Waals surface area contributed by atoms with Crippen LogP contribution in [-0.4, -0.2) is 40.9 Å². The molecule has 0 aliphatic carbocycles. The van der Waals surface area contributed by atoms with Gasteiger partial charge in [-0.3, -0.25) is 19.3 Å². The summed E-state index contributed by atoms with van der Waals surface area (Å²) in [6, 6.07) is 7.21. The molecule has 0 spiro atoms. The van der Waals surface area contributed by atoms with Gasteiger partial charge in [-0.2, -0.15) is 0 Å². The third kappa shape index (κ3) is 3.77. The van der Waals surface area contributed by atoms with Crippen molar-refractivity contribution in [1.29, 1.82) is 0 Å². The van der Waals surface area contributed by atoms with E-state index in [0.717, 1.165) is 19.3 Å². The van der Waals surface area contributed by atoms with Crippen LogP contribution in [0.1, 0.15) is 70.2 Å². The maximum Gasteiger partial charge on any atom is 0.258 e. The number of carbonyl (C=O) groups excluding carboxylic acids is 3. The summed E-state index contributed by atoms with van der Waals surface area (Å²) in [5, 5.41) is 3.02. The van der Waals surface area contributed by atoms with Gasteiger partial charge in [-0.1, -0.05) is 38.8 Å². The fourth-order valence-corrected chi connectivity index (χ4v) is 4.31. The van der Waals surface area contributed by atoms with Gasteiger partial charge in [-0.25, -0.2) is 0 Å². The van der Waals surface area contributed by atoms with Crippen molar-refractivity contribution in [1.82, 2.24) is 10.2 Å². The van der Waals surface area contributed by atoms with Crippen LogP contribution in [0.2, 0.25) is 0 Å². The van der Waals surface area contributed by atoms with Crippen LogP contribution in [0.4, 0.5) is 5.69 Å². The zero-order chi connectivity index (χ0) is 20.5. The third-order valence-electron chi connectivity index (χ3n) is 5.87. The van der Waals surface area contributed by atoms with Crippen LogP contribution in [-0.2, 0) is 9.59 Å². The number of nitrogens with one attached hydrogen (secondary N) is 1. The van der Waals surface area contributed by atoms with Crippen molar-refractivity contribution in [2.24, 2.45) is 5.92 Å². The molecule has 0 radical (unpaired) electrons. The molecule has 1 aromatic rings. The van der Waals surface area contributed by atoms with Crippen molar-refractivity contribution in [2.45, 2.75) is 71.5 Å². The summed E-state index contributed by atoms with van der Waals surface area (Å²) in [6.45, 7) is 8.22. The molecule has 1 fully saturated rings. The monoisotopic (exact) mass is 385 g/mol. The van der Waals surface area contributed by atoms with Crippen molar-refractivity contribution in [2.75, 3.05) is 11.4 Å². The lowest BCUT2D eigenvalue weighted by molar-refractivity contribution is -0.124. The molecule has 1 saturated heterocycles. The van der Waals surface area contributed by atoms with Gasteiger partial charge in [0.25, 0.3) is 5.91 Å². The van der Waals surface area contributed by atoms with E-state index >= 15 is 0 Å². The maximum atomic E-state index is 13.1. The number of fused-ring (bicyclic) bond motifs is 3. The number of rotatable bonds is 7. The zero-order valence-electron chi connectivity index (χ0n) is 17.3. The molecular formula is C22H31N3O3. The Bertz CT molecular complexity index is 776. The minimum Gasteiger partial charge on any atom is -0.352 e. The van der Waals surface area contributed by atoms with E-state index in [1.54, 1.807) is 21.9 Å². The molecular weight excluding hydrogens is 354 g/mol. The van der Waals surface area contributed by atoms with Crippen molar-refractivity contribution in [3.05, 3.63) is 29.8 Å². The second-order valence-corrected chi connectivity index (χ2v) is 8.65. The van der Waals surface area contributed by atoms with Crippen molar-refractivity contribution in [3.63, 3.8) is 0 Å². The van der Waals surface area contributed by atoms with Gasteiger partial charge in [-0.05, 0) is 44.7 Å². The molecule has 6 nitrogen and oxygen atoms in total. The molecule has 0 bridgehead atoms. The first-order valence-corrected chi connectivity index (χ1v) is 10.3. The Hall–Kier alpha value is -2.37. The number of hydrogen-bond donors (Lipinski definition) is 1. The van der Waals surface area contributed by atoms with E-state index in [4.69, 9.17) is 0 Å². The molecule has 3 amide bonds. The molecule has 3 rings (SSSR count). The van der Waals surface area contributed by atoms with Gasteiger partial charge >= 0.3 is 0 Å². The normalized spacial score (nSPS) is 22.3. The van der Waals surface area contributed by atoms with Gasteiger partial charge in [0, 0.05) is 12.5 Å². The van der Waals surface area contributed by atoms with Crippen LogP contribution in [0, 0.1) is 5.92 Å². The Labute approximate surface area is 167 Å². The van der Waals surface area contributed by atoms with Gasteiger partial charge in [0.2, 0.25) is 11.8 Å². The predicted molar refractivity (Wildman–Crippen MR) is 109 cm³/mol. The molecule has 152 valence electrons. The first-order valence-electron chi connectivity index (χ1n) is 10.3. The summed E-state index contributed by atoms with van der Waals surface area (Å²) in [7, 11) is 0. The first kappa shape index (κ1) is 20.4. The number of benzene rings is 1. The highest BCUT2D eigenvalue weighted by Gasteiger charge is 2.53. The molecule has 28 heavy (non-hydrogen) atoms. The van der Waals surface area contributed by atoms with Gasteiger partial charge in [0.1, 0.15) is 12.2 Å². The summed E-state index contributed by atoms with van der Waals surface area (Å²) in [5.74, 6) is 0.284. The predicted octanol–water partition coefficient (Wildman–Crippen LogP) is 3.32. The molecule has 2 atom stereocenters. The Balaban J connectivity index is 1.74. The van der Waals surface area contributed by atoms with Crippen LogP contribution in [0.5, 0.6) is 0 Å². The maximum absolute atomic E-state index is 13.1. The minimum atomic E-state index is -0.791. The summed E-state index contributed by atoms with van der Waals surface area (Å²) in [5.41, 5.74) is 0.338. The van der Waals surface area contributed by atoms with Crippen LogP contribution in [0.15, 0.2) is 24.3 Å². The summed E-state index contributed by atoms with van der Waals surface area (Å²) in [6.07, 6.45) is 4.03. The molecule has 1 aromatic carbocycles. The van der Waals surface area contributed by atoms with Crippen LogP contribution in [0.25, 0.3) is 0 Å². The second kappa shape index (κ2) is 7.94. The lowest BCUT2D eigenvalue weighted by Crippen LogP contribution is -2.64. The van der Waals surface area contributed by atoms with Gasteiger partial charge in [0.15, 0.2) is 0 Å². The zero-order valence-corrected chi connectivity index (χ0v) is 17.3. The van der Waals surface area contributed by atoms with Gasteiger partial charge in [-0.15, -0.1) is 0 Å². The van der Waals surface area contributed by atoms with Crippen LogP contribution >= 0.6 is 0 Å². The van der Waals surface area contributed by atoms with Crippen LogP contribution in [0.3, 0.4) is 0 Å². The molecule has 2 unspecified atom stereocenters. The highest BCUT2D eigenvalue weighted by atomic mass is 16.2. The number of hydrogen-bond acceptors (Lipinski definition) is 3. The van der Waals surface area contributed by atoms with Crippen molar-refractivity contribution < 1.29 is 14.4 Å². The molecule has 1 N–H and O–H groups in total. The van der Waals surface area contributed by atoms with E-state index in [9.17, 15) is 14.4 Å². The quantitative estimate of drug-likeness (QED) is 0.783. The fourth-order valence-electron chi connectivity index (χ4n) is 4.31. The Morgan fingerprint density at radius 1 is 1.18 bits per heavy atom. The van der Waals surface area contributed by atoms with Crippen molar-refractivity contribution in [3.8, 4) is 0 Å². The number of carbonyl (C=O) groups is 3. The van der Waals surface area contributed by atoms with E-state index in [1.165, 1.54) is 0 Å². The largest absolute Gasteiger partial charge is 0.352 e. The second-order valence-electron chi connectivity index (χ2n) is 8.65. The lowest BCUT2D eigenvalue weighted by Gasteiger charge is -2.48. The van der Waals surface area contributed by atoms with Gasteiger partial charge in [0.05, 0.1) is 11.3 Å². The number of nitrogens with zero attached hydrogens (tertiary/aromatic N) is 2. The average Bonchev–Trinajstić information content (AvgIpc) is 2.94. The Morgan fingerprint density at radius 2 is 1.89 bits per heavy atom. The number of anilines is 1. The molecule has 6 heteroatoms. The SMILES string of the molecule is CC(C)CCCC(C)NC(=O)CN1C(=O)c2ccccc2N2C(=O)CCC12C. The highest BCUT2D eigenvalue weighted by molar-refractivity contribution is 6.11. The molecule has 2 aliphatic rings. The summed E-state index contributed by atoms with van der Waals surface area (Å²) < 4.78 is 0. The highest BCUT2D eigenvalue weighted by Crippen LogP contribution is 2.43. The molecule has 2 aliphatic heterocycles. The summed E-state index contributed by atoms with van der Waals surface area (Å²) >= 11 is 0. The van der Waals surface area contributed by atoms with E-state index in [0.29, 0.717) is 30.0 Å². The summed E-state index contributed by atoms with van der Waals surface area (Å²) in [4.78, 5) is 41.6. The fraction of sp³-hybridized carbons (Fsp3) is 0.591. The van der Waals surface area contributed by atoms with Crippen LogP contribution < -0.4 is 10.2 Å². The van der Waals surface area contributed by atoms with E-state index in [1.807, 2.05) is 26.0 Å². The average molecular weight is 386 g/mol. The third-order valence-corrected chi connectivity index (χ3v) is 5.87. The Morgan fingerprint density at radius 3 is 2.61 bits per heavy atom. The lowest BCUT2D eigenvalue weighted by atomic mass is 9.98. The molecule has 0 aromatic heterocycles. The van der Waals surface area contributed by atoms with E-state index in [-0.39, 0.29) is 30.3 Å². The van der Waals surface area contributed by atoms with Gasteiger partial charge < -0.3 is 10.2 Å². The topological polar surface area (TPSA) is 69.7 Å². The number of para-hydroxylation sites is 1. The minimum absolute atomic E-state index is 0.00471. The molecule has 2 heterocycles. The van der Waals surface area contributed by atoms with E-state index in [2.05, 4.69) is 19.2 Å². The van der Waals surface area contributed by atoms with Crippen molar-refractivity contribution >= 4 is 23.4 Å². The number of amides is 3. The standard InChI is InChI=1S/C22H31N3O3/c1-15(2)8-7-9-16(3)23-19(26)14-24-21(28)17-10-5-6-11-18(17)25-20(27)12-13-22(24,25)4/h5-6,10-11,15-16H,7-9,12-14H2,1-4H3,(H,23,26). The molecule has 0 saturated carbocycles.